The molecule has 1 fully saturated rings. The SMILES string of the molecule is C=CC1CC(C)(C)CC(C)(CC)C(=C)CC(C)(C)CC1(C)C. The summed E-state index contributed by atoms with van der Waals surface area (Å²) < 4.78 is 0. The second-order valence-electron chi connectivity index (χ2n) is 10.4. The lowest BCUT2D eigenvalue weighted by Gasteiger charge is -2.48. The predicted octanol–water partition coefficient (Wildman–Crippen LogP) is 7.41. The number of hydrogen-bond donors (Lipinski definition) is 0. The van der Waals surface area contributed by atoms with Crippen molar-refractivity contribution in [3.63, 3.8) is 0 Å². The molecule has 0 aliphatic heterocycles. The molecule has 1 saturated carbocycles. The van der Waals surface area contributed by atoms with E-state index in [1.807, 2.05) is 0 Å². The average Bonchev–Trinajstić information content (AvgIpc) is 2.32. The Morgan fingerprint density at radius 2 is 1.55 bits per heavy atom. The zero-order valence-corrected chi connectivity index (χ0v) is 16.6. The van der Waals surface area contributed by atoms with Gasteiger partial charge in [0.25, 0.3) is 0 Å². The molecular formula is C22H40. The van der Waals surface area contributed by atoms with Gasteiger partial charge >= 0.3 is 0 Å². The van der Waals surface area contributed by atoms with Gasteiger partial charge in [0.15, 0.2) is 0 Å². The fraction of sp³-hybridized carbons (Fsp3) is 0.818. The van der Waals surface area contributed by atoms with E-state index in [9.17, 15) is 0 Å². The lowest BCUT2D eigenvalue weighted by atomic mass is 9.57. The molecule has 0 N–H and O–H groups in total. The molecule has 128 valence electrons. The van der Waals surface area contributed by atoms with Crippen LogP contribution in [0, 0.1) is 27.6 Å². The fourth-order valence-corrected chi connectivity index (χ4v) is 5.12. The molecular weight excluding hydrogens is 264 g/mol. The first-order valence-electron chi connectivity index (χ1n) is 9.08. The highest BCUT2D eigenvalue weighted by Gasteiger charge is 2.42. The van der Waals surface area contributed by atoms with E-state index in [4.69, 9.17) is 0 Å². The molecule has 0 aromatic rings. The number of hydrogen-bond acceptors (Lipinski definition) is 0. The Balaban J connectivity index is 3.29. The molecule has 0 aromatic carbocycles. The van der Waals surface area contributed by atoms with Crippen molar-refractivity contribution in [1.82, 2.24) is 0 Å². The molecule has 0 bridgehead atoms. The molecule has 0 amide bonds. The van der Waals surface area contributed by atoms with Crippen LogP contribution in [-0.2, 0) is 0 Å². The molecule has 1 aliphatic carbocycles. The molecule has 22 heavy (non-hydrogen) atoms. The molecule has 2 atom stereocenters. The third kappa shape index (κ3) is 4.49. The van der Waals surface area contributed by atoms with Crippen LogP contribution >= 0.6 is 0 Å². The Hall–Kier alpha value is -0.520. The minimum atomic E-state index is 0.258. The summed E-state index contributed by atoms with van der Waals surface area (Å²) in [7, 11) is 0. The van der Waals surface area contributed by atoms with Crippen molar-refractivity contribution in [2.24, 2.45) is 27.6 Å². The maximum Gasteiger partial charge on any atom is -0.0116 e. The number of allylic oxidation sites excluding steroid dienone is 2. The van der Waals surface area contributed by atoms with Gasteiger partial charge in [0.05, 0.1) is 0 Å². The summed E-state index contributed by atoms with van der Waals surface area (Å²) in [6, 6.07) is 0. The molecule has 1 aliphatic rings. The molecule has 2 unspecified atom stereocenters. The van der Waals surface area contributed by atoms with E-state index in [1.165, 1.54) is 31.3 Å². The Morgan fingerprint density at radius 3 is 2.00 bits per heavy atom. The molecule has 0 saturated heterocycles. The first-order chi connectivity index (χ1) is 9.77. The van der Waals surface area contributed by atoms with Crippen molar-refractivity contribution in [2.45, 2.75) is 87.5 Å². The van der Waals surface area contributed by atoms with Crippen molar-refractivity contribution in [3.05, 3.63) is 24.8 Å². The van der Waals surface area contributed by atoms with Gasteiger partial charge in [0.1, 0.15) is 0 Å². The maximum absolute atomic E-state index is 4.54. The third-order valence-corrected chi connectivity index (χ3v) is 6.19. The van der Waals surface area contributed by atoms with E-state index >= 15 is 0 Å². The van der Waals surface area contributed by atoms with Gasteiger partial charge in [-0.05, 0) is 59.7 Å². The monoisotopic (exact) mass is 304 g/mol. The van der Waals surface area contributed by atoms with Crippen LogP contribution in [-0.4, -0.2) is 0 Å². The van der Waals surface area contributed by atoms with E-state index in [0.29, 0.717) is 22.2 Å². The summed E-state index contributed by atoms with van der Waals surface area (Å²) in [5, 5.41) is 0. The van der Waals surface area contributed by atoms with Crippen LogP contribution in [0.2, 0.25) is 0 Å². The molecule has 0 radical (unpaired) electrons. The second kappa shape index (κ2) is 6.17. The highest BCUT2D eigenvalue weighted by atomic mass is 14.5. The van der Waals surface area contributed by atoms with Crippen molar-refractivity contribution >= 4 is 0 Å². The Bertz CT molecular complexity index is 421. The summed E-state index contributed by atoms with van der Waals surface area (Å²) in [5.41, 5.74) is 2.64. The minimum Gasteiger partial charge on any atom is -0.103 e. The van der Waals surface area contributed by atoms with E-state index in [1.54, 1.807) is 0 Å². The minimum absolute atomic E-state index is 0.258. The molecule has 0 aromatic heterocycles. The van der Waals surface area contributed by atoms with Crippen LogP contribution < -0.4 is 0 Å². The third-order valence-electron chi connectivity index (χ3n) is 6.19. The van der Waals surface area contributed by atoms with Gasteiger partial charge in [-0.1, -0.05) is 73.6 Å². The summed E-state index contributed by atoms with van der Waals surface area (Å²) >= 11 is 0. The molecule has 0 heteroatoms. The van der Waals surface area contributed by atoms with Gasteiger partial charge in [0.2, 0.25) is 0 Å². The van der Waals surface area contributed by atoms with Crippen LogP contribution in [0.1, 0.15) is 87.5 Å². The summed E-state index contributed by atoms with van der Waals surface area (Å²) in [6.45, 7) is 28.1. The van der Waals surface area contributed by atoms with Crippen molar-refractivity contribution in [3.8, 4) is 0 Å². The quantitative estimate of drug-likeness (QED) is 0.466. The summed E-state index contributed by atoms with van der Waals surface area (Å²) in [5.74, 6) is 0.578. The van der Waals surface area contributed by atoms with E-state index in [2.05, 4.69) is 74.6 Å². The molecule has 1 rings (SSSR count). The molecule has 0 heterocycles. The number of rotatable bonds is 2. The van der Waals surface area contributed by atoms with Crippen LogP contribution in [0.5, 0.6) is 0 Å². The largest absolute Gasteiger partial charge is 0.103 e. The lowest BCUT2D eigenvalue weighted by Crippen LogP contribution is -2.37. The first-order valence-corrected chi connectivity index (χ1v) is 9.08. The van der Waals surface area contributed by atoms with Crippen molar-refractivity contribution < 1.29 is 0 Å². The topological polar surface area (TPSA) is 0 Å². The van der Waals surface area contributed by atoms with Crippen LogP contribution in [0.15, 0.2) is 24.8 Å². The zero-order valence-electron chi connectivity index (χ0n) is 16.6. The summed E-state index contributed by atoms with van der Waals surface area (Å²) in [4.78, 5) is 0. The van der Waals surface area contributed by atoms with Gasteiger partial charge in [-0.25, -0.2) is 0 Å². The predicted molar refractivity (Wildman–Crippen MR) is 101 cm³/mol. The lowest BCUT2D eigenvalue weighted by molar-refractivity contribution is 0.0719. The summed E-state index contributed by atoms with van der Waals surface area (Å²) in [6.07, 6.45) is 8.23. The second-order valence-corrected chi connectivity index (χ2v) is 10.4. The zero-order chi connectivity index (χ0) is 17.4. The van der Waals surface area contributed by atoms with Gasteiger partial charge in [0, 0.05) is 0 Å². The Morgan fingerprint density at radius 1 is 1.00 bits per heavy atom. The van der Waals surface area contributed by atoms with Crippen LogP contribution in [0.4, 0.5) is 0 Å². The Kier molecular flexibility index (Phi) is 5.48. The smallest absolute Gasteiger partial charge is 0.0116 e. The maximum atomic E-state index is 4.54. The Labute approximate surface area is 140 Å². The van der Waals surface area contributed by atoms with Gasteiger partial charge in [-0.15, -0.1) is 6.58 Å². The highest BCUT2D eigenvalue weighted by molar-refractivity contribution is 5.14. The van der Waals surface area contributed by atoms with E-state index < -0.39 is 0 Å². The molecule has 0 nitrogen and oxygen atoms in total. The highest BCUT2D eigenvalue weighted by Crippen LogP contribution is 2.53. The van der Waals surface area contributed by atoms with E-state index in [0.717, 1.165) is 6.42 Å². The fourth-order valence-electron chi connectivity index (χ4n) is 5.12. The van der Waals surface area contributed by atoms with Crippen molar-refractivity contribution in [2.75, 3.05) is 0 Å². The average molecular weight is 305 g/mol. The van der Waals surface area contributed by atoms with Crippen LogP contribution in [0.25, 0.3) is 0 Å². The van der Waals surface area contributed by atoms with E-state index in [-0.39, 0.29) is 5.41 Å². The van der Waals surface area contributed by atoms with Crippen molar-refractivity contribution in [1.29, 1.82) is 0 Å². The van der Waals surface area contributed by atoms with Gasteiger partial charge in [-0.2, -0.15) is 0 Å². The van der Waals surface area contributed by atoms with Crippen LogP contribution in [0.3, 0.4) is 0 Å². The van der Waals surface area contributed by atoms with Gasteiger partial charge in [-0.3, -0.25) is 0 Å². The first kappa shape index (κ1) is 19.5. The normalized spacial score (nSPS) is 34.9. The molecule has 0 spiro atoms. The van der Waals surface area contributed by atoms with Gasteiger partial charge < -0.3 is 0 Å². The standard InChI is InChI=1S/C22H40/c1-11-18-14-20(6,7)16-22(10,12-2)17(3)13-19(4,5)15-21(18,8)9/h11,18H,1,3,12-16H2,2,4-10H3.